The van der Waals surface area contributed by atoms with E-state index in [4.69, 9.17) is 5.73 Å². The molecule has 5 nitrogen and oxygen atoms in total. The van der Waals surface area contributed by atoms with Crippen molar-refractivity contribution in [1.29, 1.82) is 0 Å². The van der Waals surface area contributed by atoms with Crippen LogP contribution in [-0.4, -0.2) is 38.4 Å². The van der Waals surface area contributed by atoms with E-state index in [1.54, 1.807) is 0 Å². The molecule has 0 spiro atoms. The summed E-state index contributed by atoms with van der Waals surface area (Å²) >= 11 is 0. The van der Waals surface area contributed by atoms with Crippen LogP contribution in [0.15, 0.2) is 0 Å². The molecule has 2 fully saturated rings. The summed E-state index contributed by atoms with van der Waals surface area (Å²) < 4.78 is 23.4. The molecular weight excluding hydrogens is 264 g/mol. The summed E-state index contributed by atoms with van der Waals surface area (Å²) in [7, 11) is -2.99. The largest absolute Gasteiger partial charge is 0.354 e. The lowest BCUT2D eigenvalue weighted by molar-refractivity contribution is -0.132. The minimum absolute atomic E-state index is 0.0446. The molecule has 2 aliphatic rings. The van der Waals surface area contributed by atoms with Gasteiger partial charge in [0, 0.05) is 13.1 Å². The molecule has 0 bridgehead atoms. The zero-order valence-corrected chi connectivity index (χ0v) is 12.2. The molecule has 0 aromatic rings. The van der Waals surface area contributed by atoms with Crippen LogP contribution in [0, 0.1) is 5.41 Å². The van der Waals surface area contributed by atoms with Crippen LogP contribution in [0.2, 0.25) is 0 Å². The first-order valence-corrected chi connectivity index (χ1v) is 8.92. The molecule has 1 saturated heterocycles. The summed E-state index contributed by atoms with van der Waals surface area (Å²) in [5, 5.41) is 2.45. The van der Waals surface area contributed by atoms with Crippen LogP contribution >= 0.6 is 0 Å². The highest BCUT2D eigenvalue weighted by molar-refractivity contribution is 7.92. The average Bonchev–Trinajstić information content (AvgIpc) is 2.75. The fourth-order valence-electron chi connectivity index (χ4n) is 3.23. The number of carbonyl (C=O) groups is 1. The van der Waals surface area contributed by atoms with E-state index in [1.165, 1.54) is 0 Å². The third-order valence-electron chi connectivity index (χ3n) is 4.64. The zero-order valence-electron chi connectivity index (χ0n) is 11.4. The van der Waals surface area contributed by atoms with Crippen LogP contribution < -0.4 is 11.1 Å². The molecule has 3 N–H and O–H groups in total. The molecule has 1 aliphatic carbocycles. The highest BCUT2D eigenvalue weighted by atomic mass is 32.2. The molecule has 1 heterocycles. The van der Waals surface area contributed by atoms with Crippen molar-refractivity contribution in [2.24, 2.45) is 11.1 Å². The summed E-state index contributed by atoms with van der Waals surface area (Å²) in [6, 6.07) is 0. The van der Waals surface area contributed by atoms with Crippen molar-refractivity contribution >= 4 is 15.7 Å². The topological polar surface area (TPSA) is 89.3 Å². The first-order valence-electron chi connectivity index (χ1n) is 7.20. The lowest BCUT2D eigenvalue weighted by atomic mass is 9.73. The van der Waals surface area contributed by atoms with Crippen molar-refractivity contribution in [3.63, 3.8) is 0 Å². The van der Waals surface area contributed by atoms with Crippen molar-refractivity contribution < 1.29 is 13.2 Å². The number of sulfone groups is 1. The van der Waals surface area contributed by atoms with Gasteiger partial charge < -0.3 is 11.1 Å². The van der Waals surface area contributed by atoms with E-state index in [0.29, 0.717) is 19.4 Å². The van der Waals surface area contributed by atoms with Crippen molar-refractivity contribution in [2.45, 2.75) is 50.2 Å². The van der Waals surface area contributed by atoms with Gasteiger partial charge in [-0.15, -0.1) is 0 Å². The molecule has 1 aliphatic heterocycles. The van der Waals surface area contributed by atoms with Crippen LogP contribution in [0.1, 0.15) is 44.9 Å². The zero-order chi connectivity index (χ0) is 13.9. The molecule has 1 saturated carbocycles. The summed E-state index contributed by atoms with van der Waals surface area (Å²) in [5.74, 6) is 0.215. The molecule has 6 heteroatoms. The maximum absolute atomic E-state index is 12.3. The predicted molar refractivity (Wildman–Crippen MR) is 74.4 cm³/mol. The van der Waals surface area contributed by atoms with Gasteiger partial charge in [0.25, 0.3) is 0 Å². The lowest BCUT2D eigenvalue weighted by Crippen LogP contribution is -2.49. The number of hydrogen-bond acceptors (Lipinski definition) is 4. The molecule has 1 atom stereocenters. The van der Waals surface area contributed by atoms with Gasteiger partial charge in [0.05, 0.1) is 16.4 Å². The minimum atomic E-state index is -2.99. The van der Waals surface area contributed by atoms with Gasteiger partial charge in [0.2, 0.25) is 5.91 Å². The molecular formula is C13H24N2O3S. The van der Waals surface area contributed by atoms with Crippen LogP contribution in [0.3, 0.4) is 0 Å². The Labute approximate surface area is 115 Å². The number of hydrogen-bond donors (Lipinski definition) is 2. The predicted octanol–water partition coefficient (Wildman–Crippen LogP) is 0.589. The van der Waals surface area contributed by atoms with E-state index < -0.39 is 20.5 Å². The van der Waals surface area contributed by atoms with Crippen LogP contribution in [0.5, 0.6) is 0 Å². The van der Waals surface area contributed by atoms with Crippen molar-refractivity contribution in [1.82, 2.24) is 5.32 Å². The SMILES string of the molecule is NCC1(C(=O)NCC2CCCS2(=O)=O)CCCCC1. The Bertz CT molecular complexity index is 427. The van der Waals surface area contributed by atoms with Crippen molar-refractivity contribution in [3.8, 4) is 0 Å². The summed E-state index contributed by atoms with van der Waals surface area (Å²) in [5.41, 5.74) is 5.34. The highest BCUT2D eigenvalue weighted by Gasteiger charge is 2.39. The third kappa shape index (κ3) is 3.11. The van der Waals surface area contributed by atoms with Crippen molar-refractivity contribution in [2.75, 3.05) is 18.8 Å². The van der Waals surface area contributed by atoms with E-state index in [2.05, 4.69) is 5.32 Å². The fraction of sp³-hybridized carbons (Fsp3) is 0.923. The summed E-state index contributed by atoms with van der Waals surface area (Å²) in [4.78, 5) is 12.3. The standard InChI is InChI=1S/C13H24N2O3S/c14-10-13(6-2-1-3-7-13)12(16)15-9-11-5-4-8-19(11,17)18/h11H,1-10,14H2,(H,15,16). The van der Waals surface area contributed by atoms with E-state index in [9.17, 15) is 13.2 Å². The van der Waals surface area contributed by atoms with Gasteiger partial charge in [0.15, 0.2) is 9.84 Å². The maximum Gasteiger partial charge on any atom is 0.227 e. The number of carbonyl (C=O) groups excluding carboxylic acids is 1. The lowest BCUT2D eigenvalue weighted by Gasteiger charge is -2.34. The van der Waals surface area contributed by atoms with Gasteiger partial charge in [-0.1, -0.05) is 19.3 Å². The second-order valence-corrected chi connectivity index (χ2v) is 8.29. The number of nitrogens with two attached hydrogens (primary N) is 1. The summed E-state index contributed by atoms with van der Waals surface area (Å²) in [6.45, 7) is 0.610. The van der Waals surface area contributed by atoms with Crippen molar-refractivity contribution in [3.05, 3.63) is 0 Å². The Morgan fingerprint density at radius 2 is 1.89 bits per heavy atom. The van der Waals surface area contributed by atoms with Gasteiger partial charge >= 0.3 is 0 Å². The first kappa shape index (κ1) is 14.8. The summed E-state index contributed by atoms with van der Waals surface area (Å²) in [6.07, 6.45) is 6.26. The van der Waals surface area contributed by atoms with E-state index in [-0.39, 0.29) is 18.2 Å². The van der Waals surface area contributed by atoms with Crippen LogP contribution in [-0.2, 0) is 14.6 Å². The van der Waals surface area contributed by atoms with E-state index in [1.807, 2.05) is 0 Å². The molecule has 0 radical (unpaired) electrons. The molecule has 0 aromatic carbocycles. The van der Waals surface area contributed by atoms with Gasteiger partial charge in [-0.3, -0.25) is 4.79 Å². The van der Waals surface area contributed by atoms with Crippen LogP contribution in [0.25, 0.3) is 0 Å². The van der Waals surface area contributed by atoms with Gasteiger partial charge in [-0.05, 0) is 25.7 Å². The normalized spacial score (nSPS) is 29.0. The number of amides is 1. The van der Waals surface area contributed by atoms with E-state index >= 15 is 0 Å². The maximum atomic E-state index is 12.3. The number of rotatable bonds is 4. The Morgan fingerprint density at radius 1 is 1.21 bits per heavy atom. The highest BCUT2D eigenvalue weighted by Crippen LogP contribution is 2.35. The fourth-order valence-corrected chi connectivity index (χ4v) is 5.00. The third-order valence-corrected chi connectivity index (χ3v) is 6.91. The second-order valence-electron chi connectivity index (χ2n) is 5.89. The Hall–Kier alpha value is -0.620. The molecule has 110 valence electrons. The first-order chi connectivity index (χ1) is 9.00. The quantitative estimate of drug-likeness (QED) is 0.792. The van der Waals surface area contributed by atoms with Gasteiger partial charge in [0.1, 0.15) is 0 Å². The Kier molecular flexibility index (Phi) is 4.50. The van der Waals surface area contributed by atoms with E-state index in [0.717, 1.165) is 32.1 Å². The van der Waals surface area contributed by atoms with Gasteiger partial charge in [-0.2, -0.15) is 0 Å². The second kappa shape index (κ2) is 5.79. The Morgan fingerprint density at radius 3 is 2.42 bits per heavy atom. The van der Waals surface area contributed by atoms with Gasteiger partial charge in [-0.25, -0.2) is 8.42 Å². The molecule has 1 unspecified atom stereocenters. The molecule has 0 aromatic heterocycles. The smallest absolute Gasteiger partial charge is 0.227 e. The monoisotopic (exact) mass is 288 g/mol. The molecule has 19 heavy (non-hydrogen) atoms. The Balaban J connectivity index is 1.93. The van der Waals surface area contributed by atoms with Crippen LogP contribution in [0.4, 0.5) is 0 Å². The minimum Gasteiger partial charge on any atom is -0.354 e. The molecule has 1 amide bonds. The number of nitrogens with one attached hydrogen (secondary N) is 1. The average molecular weight is 288 g/mol. The molecule has 2 rings (SSSR count).